The van der Waals surface area contributed by atoms with Gasteiger partial charge in [-0.3, -0.25) is 4.79 Å². The van der Waals surface area contributed by atoms with E-state index in [-0.39, 0.29) is 24.4 Å². The minimum Gasteiger partial charge on any atom is -0.373 e. The van der Waals surface area contributed by atoms with Gasteiger partial charge in [0, 0.05) is 37.2 Å². The summed E-state index contributed by atoms with van der Waals surface area (Å²) >= 11 is 1.64. The summed E-state index contributed by atoms with van der Waals surface area (Å²) in [5, 5.41) is 2.17. The molecule has 1 atom stereocenters. The van der Waals surface area contributed by atoms with Gasteiger partial charge in [0.15, 0.2) is 0 Å². The Morgan fingerprint density at radius 2 is 2.19 bits per heavy atom. The molecule has 142 valence electrons. The number of nitrogens with two attached hydrogens (primary N) is 1. The topological polar surface area (TPSA) is 68.5 Å². The SMILES string of the molecule is Cc1ccc2nc(SCCC(=O)N3CCOC(CN)C3)cc(C)c2c1.Cl. The monoisotopic (exact) mass is 395 g/mol. The molecule has 26 heavy (non-hydrogen) atoms. The summed E-state index contributed by atoms with van der Waals surface area (Å²) < 4.78 is 5.51. The minimum absolute atomic E-state index is 0. The number of thioether (sulfide) groups is 1. The van der Waals surface area contributed by atoms with Gasteiger partial charge in [-0.15, -0.1) is 24.2 Å². The van der Waals surface area contributed by atoms with Crippen molar-refractivity contribution in [2.75, 3.05) is 32.0 Å². The first-order chi connectivity index (χ1) is 12.1. The Morgan fingerprint density at radius 3 is 2.96 bits per heavy atom. The second kappa shape index (κ2) is 9.55. The number of benzene rings is 1. The van der Waals surface area contributed by atoms with Crippen LogP contribution in [-0.2, 0) is 9.53 Å². The number of hydrogen-bond donors (Lipinski definition) is 1. The van der Waals surface area contributed by atoms with Crippen LogP contribution in [0.25, 0.3) is 10.9 Å². The number of pyridine rings is 1. The molecule has 1 aromatic carbocycles. The molecule has 5 nitrogen and oxygen atoms in total. The predicted octanol–water partition coefficient (Wildman–Crippen LogP) is 2.94. The van der Waals surface area contributed by atoms with Crippen molar-refractivity contribution in [1.29, 1.82) is 0 Å². The number of aryl methyl sites for hydroxylation is 2. The molecule has 0 radical (unpaired) electrons. The number of fused-ring (bicyclic) bond motifs is 1. The van der Waals surface area contributed by atoms with E-state index in [4.69, 9.17) is 15.5 Å². The number of ether oxygens (including phenoxy) is 1. The lowest BCUT2D eigenvalue weighted by Gasteiger charge is -2.32. The highest BCUT2D eigenvalue weighted by Crippen LogP contribution is 2.25. The van der Waals surface area contributed by atoms with Crippen molar-refractivity contribution < 1.29 is 9.53 Å². The van der Waals surface area contributed by atoms with Crippen LogP contribution in [0.2, 0.25) is 0 Å². The molecule has 0 aliphatic carbocycles. The number of carbonyl (C=O) groups excluding carboxylic acids is 1. The first-order valence-electron chi connectivity index (χ1n) is 8.67. The van der Waals surface area contributed by atoms with E-state index in [1.807, 2.05) is 4.90 Å². The molecular formula is C19H26ClN3O2S. The lowest BCUT2D eigenvalue weighted by Crippen LogP contribution is -2.48. The molecule has 0 spiro atoms. The molecule has 3 rings (SSSR count). The molecule has 1 amide bonds. The Labute approximate surface area is 165 Å². The van der Waals surface area contributed by atoms with Gasteiger partial charge < -0.3 is 15.4 Å². The van der Waals surface area contributed by atoms with Crippen molar-refractivity contribution in [3.63, 3.8) is 0 Å². The van der Waals surface area contributed by atoms with E-state index in [9.17, 15) is 4.79 Å². The van der Waals surface area contributed by atoms with Gasteiger partial charge in [-0.25, -0.2) is 4.98 Å². The maximum Gasteiger partial charge on any atom is 0.223 e. The predicted molar refractivity (Wildman–Crippen MR) is 109 cm³/mol. The zero-order valence-corrected chi connectivity index (χ0v) is 16.9. The van der Waals surface area contributed by atoms with Gasteiger partial charge in [0.25, 0.3) is 0 Å². The zero-order valence-electron chi connectivity index (χ0n) is 15.2. The second-order valence-corrected chi connectivity index (χ2v) is 7.58. The van der Waals surface area contributed by atoms with Crippen LogP contribution in [0.15, 0.2) is 29.3 Å². The summed E-state index contributed by atoms with van der Waals surface area (Å²) in [5.74, 6) is 0.898. The standard InChI is InChI=1S/C19H25N3O2S.ClH/c1-13-3-4-17-16(9-13)14(2)10-18(21-17)25-8-5-19(23)22-6-7-24-15(11-20)12-22;/h3-4,9-10,15H,5-8,11-12,20H2,1-2H3;1H. The lowest BCUT2D eigenvalue weighted by atomic mass is 10.1. The van der Waals surface area contributed by atoms with Crippen LogP contribution in [-0.4, -0.2) is 53.9 Å². The Kier molecular flexibility index (Phi) is 7.70. The molecule has 2 N–H and O–H groups in total. The van der Waals surface area contributed by atoms with E-state index in [0.29, 0.717) is 32.7 Å². The van der Waals surface area contributed by atoms with E-state index >= 15 is 0 Å². The molecule has 1 aliphatic heterocycles. The van der Waals surface area contributed by atoms with Gasteiger partial charge in [0.1, 0.15) is 0 Å². The molecule has 1 aromatic heterocycles. The van der Waals surface area contributed by atoms with Crippen molar-refractivity contribution >= 4 is 41.0 Å². The summed E-state index contributed by atoms with van der Waals surface area (Å²) in [5.41, 5.74) is 9.11. The van der Waals surface area contributed by atoms with E-state index in [2.05, 4.69) is 38.1 Å². The van der Waals surface area contributed by atoms with Crippen molar-refractivity contribution in [3.05, 3.63) is 35.4 Å². The van der Waals surface area contributed by atoms with Crippen LogP contribution in [0.5, 0.6) is 0 Å². The molecule has 7 heteroatoms. The first kappa shape index (κ1) is 21.0. The minimum atomic E-state index is -0.0291. The van der Waals surface area contributed by atoms with Crippen LogP contribution in [0.3, 0.4) is 0 Å². The molecule has 1 aliphatic rings. The number of rotatable bonds is 5. The first-order valence-corrected chi connectivity index (χ1v) is 9.65. The molecule has 0 bridgehead atoms. The molecule has 1 fully saturated rings. The summed E-state index contributed by atoms with van der Waals surface area (Å²) in [6, 6.07) is 8.42. The average Bonchev–Trinajstić information content (AvgIpc) is 2.62. The van der Waals surface area contributed by atoms with Crippen molar-refractivity contribution in [1.82, 2.24) is 9.88 Å². The van der Waals surface area contributed by atoms with Gasteiger partial charge in [0.2, 0.25) is 5.91 Å². The summed E-state index contributed by atoms with van der Waals surface area (Å²) in [4.78, 5) is 18.9. The normalized spacial score (nSPS) is 17.2. The van der Waals surface area contributed by atoms with E-state index < -0.39 is 0 Å². The fourth-order valence-electron chi connectivity index (χ4n) is 3.04. The van der Waals surface area contributed by atoms with Crippen molar-refractivity contribution in [2.24, 2.45) is 5.73 Å². The smallest absolute Gasteiger partial charge is 0.223 e. The number of carbonyl (C=O) groups is 1. The number of morpholine rings is 1. The van der Waals surface area contributed by atoms with E-state index in [0.717, 1.165) is 16.3 Å². The molecule has 0 saturated carbocycles. The number of nitrogens with zero attached hydrogens (tertiary/aromatic N) is 2. The largest absolute Gasteiger partial charge is 0.373 e. The van der Waals surface area contributed by atoms with Gasteiger partial charge in [-0.2, -0.15) is 0 Å². The number of amides is 1. The van der Waals surface area contributed by atoms with E-state index in [1.54, 1.807) is 11.8 Å². The fourth-order valence-corrected chi connectivity index (χ4v) is 3.95. The van der Waals surface area contributed by atoms with Crippen molar-refractivity contribution in [2.45, 2.75) is 31.4 Å². The maximum absolute atomic E-state index is 12.4. The Bertz CT molecular complexity index is 772. The van der Waals surface area contributed by atoms with Crippen LogP contribution in [0.1, 0.15) is 17.5 Å². The third kappa shape index (κ3) is 5.10. The summed E-state index contributed by atoms with van der Waals surface area (Å²) in [7, 11) is 0. The second-order valence-electron chi connectivity index (χ2n) is 6.46. The Hall–Kier alpha value is -1.34. The van der Waals surface area contributed by atoms with Gasteiger partial charge in [-0.1, -0.05) is 11.6 Å². The highest BCUT2D eigenvalue weighted by atomic mass is 35.5. The van der Waals surface area contributed by atoms with Crippen LogP contribution >= 0.6 is 24.2 Å². The van der Waals surface area contributed by atoms with Gasteiger partial charge in [-0.05, 0) is 37.6 Å². The quantitative estimate of drug-likeness (QED) is 0.788. The third-order valence-electron chi connectivity index (χ3n) is 4.47. The highest BCUT2D eigenvalue weighted by molar-refractivity contribution is 7.99. The molecule has 1 saturated heterocycles. The Balaban J connectivity index is 0.00000243. The fraction of sp³-hybridized carbons (Fsp3) is 0.474. The summed E-state index contributed by atoms with van der Waals surface area (Å²) in [6.07, 6.45) is 0.479. The molecule has 2 aromatic rings. The van der Waals surface area contributed by atoms with Crippen molar-refractivity contribution in [3.8, 4) is 0 Å². The lowest BCUT2D eigenvalue weighted by molar-refractivity contribution is -0.137. The average molecular weight is 396 g/mol. The number of hydrogen-bond acceptors (Lipinski definition) is 5. The third-order valence-corrected chi connectivity index (χ3v) is 5.38. The zero-order chi connectivity index (χ0) is 17.8. The van der Waals surface area contributed by atoms with E-state index in [1.165, 1.54) is 16.5 Å². The van der Waals surface area contributed by atoms with Crippen LogP contribution < -0.4 is 5.73 Å². The summed E-state index contributed by atoms with van der Waals surface area (Å²) in [6.45, 7) is 6.50. The number of halogens is 1. The highest BCUT2D eigenvalue weighted by Gasteiger charge is 2.22. The van der Waals surface area contributed by atoms with Crippen LogP contribution in [0.4, 0.5) is 0 Å². The molecule has 2 heterocycles. The maximum atomic E-state index is 12.4. The molecule has 1 unspecified atom stereocenters. The van der Waals surface area contributed by atoms with Gasteiger partial charge in [0.05, 0.1) is 23.3 Å². The number of aromatic nitrogens is 1. The Morgan fingerprint density at radius 1 is 1.38 bits per heavy atom. The van der Waals surface area contributed by atoms with Gasteiger partial charge >= 0.3 is 0 Å². The van der Waals surface area contributed by atoms with Crippen LogP contribution in [0, 0.1) is 13.8 Å². The molecular weight excluding hydrogens is 370 g/mol.